The second-order valence-corrected chi connectivity index (χ2v) is 8.35. The van der Waals surface area contributed by atoms with Gasteiger partial charge in [-0.15, -0.1) is 0 Å². The first-order valence-corrected chi connectivity index (χ1v) is 10.6. The molecule has 3 aromatic rings. The maximum absolute atomic E-state index is 13.3. The van der Waals surface area contributed by atoms with E-state index in [0.717, 1.165) is 11.1 Å². The average molecular weight is 433 g/mol. The molecule has 2 aliphatic heterocycles. The molecular formula is C23H23N5O4. The van der Waals surface area contributed by atoms with Crippen LogP contribution in [-0.2, 0) is 16.0 Å². The standard InChI is InChI=1S/C23H23N5O4/c1-23-12-16(15-7-2-3-8-17(15)31-23)19(20(24)29)22(30)28(23)11-5-9-18-26-21(27-32-18)14-6-4-10-25-13-14/h2-4,6-8,10,13,16,19H,5,9,11-12H2,1H3,(H2,24,29)/t16-,19-,23-/m0/s1. The van der Waals surface area contributed by atoms with Crippen LogP contribution in [0.4, 0.5) is 0 Å². The van der Waals surface area contributed by atoms with E-state index < -0.39 is 17.6 Å². The van der Waals surface area contributed by atoms with Crippen LogP contribution in [0.2, 0.25) is 0 Å². The van der Waals surface area contributed by atoms with E-state index >= 15 is 0 Å². The molecule has 1 saturated heterocycles. The third-order valence-corrected chi connectivity index (χ3v) is 6.22. The van der Waals surface area contributed by atoms with Crippen LogP contribution in [0.15, 0.2) is 53.3 Å². The van der Waals surface area contributed by atoms with Crippen LogP contribution in [0.5, 0.6) is 5.75 Å². The Balaban J connectivity index is 1.33. The second-order valence-electron chi connectivity index (χ2n) is 8.35. The summed E-state index contributed by atoms with van der Waals surface area (Å²) in [7, 11) is 0. The van der Waals surface area contributed by atoms with Crippen LogP contribution in [0.3, 0.4) is 0 Å². The van der Waals surface area contributed by atoms with Crippen LogP contribution in [0.1, 0.15) is 37.1 Å². The van der Waals surface area contributed by atoms with Gasteiger partial charge in [-0.3, -0.25) is 14.6 Å². The van der Waals surface area contributed by atoms with Crippen molar-refractivity contribution in [2.45, 2.75) is 37.8 Å². The van der Waals surface area contributed by atoms with Crippen molar-refractivity contribution in [2.75, 3.05) is 6.54 Å². The number of hydrogen-bond acceptors (Lipinski definition) is 7. The number of ether oxygens (including phenoxy) is 1. The highest BCUT2D eigenvalue weighted by molar-refractivity contribution is 6.01. The Kier molecular flexibility index (Phi) is 4.88. The number of nitrogens with two attached hydrogens (primary N) is 1. The van der Waals surface area contributed by atoms with Gasteiger partial charge in [-0.05, 0) is 37.1 Å². The van der Waals surface area contributed by atoms with Crippen molar-refractivity contribution >= 4 is 11.8 Å². The number of nitrogens with zero attached hydrogens (tertiary/aromatic N) is 4. The summed E-state index contributed by atoms with van der Waals surface area (Å²) >= 11 is 0. The molecule has 164 valence electrons. The third kappa shape index (κ3) is 3.39. The number of piperidine rings is 1. The average Bonchev–Trinajstić information content (AvgIpc) is 3.25. The normalized spacial score (nSPS) is 24.0. The number of aryl methyl sites for hydroxylation is 1. The van der Waals surface area contributed by atoms with E-state index in [0.29, 0.717) is 43.3 Å². The first-order chi connectivity index (χ1) is 15.5. The summed E-state index contributed by atoms with van der Waals surface area (Å²) in [5, 5.41) is 4.00. The molecule has 9 heteroatoms. The van der Waals surface area contributed by atoms with Gasteiger partial charge < -0.3 is 19.9 Å². The molecule has 0 aliphatic carbocycles. The van der Waals surface area contributed by atoms with E-state index in [1.807, 2.05) is 37.3 Å². The summed E-state index contributed by atoms with van der Waals surface area (Å²) in [4.78, 5) is 35.7. The monoisotopic (exact) mass is 433 g/mol. The molecule has 4 heterocycles. The van der Waals surface area contributed by atoms with Gasteiger partial charge in [-0.2, -0.15) is 4.98 Å². The molecule has 3 atom stereocenters. The Hall–Kier alpha value is -3.75. The number of likely N-dealkylation sites (tertiary alicyclic amines) is 1. The summed E-state index contributed by atoms with van der Waals surface area (Å²) in [6.07, 6.45) is 4.90. The van der Waals surface area contributed by atoms with Crippen LogP contribution in [0.25, 0.3) is 11.4 Å². The highest BCUT2D eigenvalue weighted by Crippen LogP contribution is 2.50. The SMILES string of the molecule is C[C@@]12C[C@@H](c3ccccc3O1)[C@@H](C(N)=O)C(=O)N2CCCc1nc(-c2cccnc2)no1. The number of para-hydroxylation sites is 1. The summed E-state index contributed by atoms with van der Waals surface area (Å²) < 4.78 is 11.6. The zero-order valence-corrected chi connectivity index (χ0v) is 17.6. The number of amides is 2. The molecule has 2 aromatic heterocycles. The maximum Gasteiger partial charge on any atom is 0.238 e. The smallest absolute Gasteiger partial charge is 0.238 e. The van der Waals surface area contributed by atoms with Gasteiger partial charge in [0.05, 0.1) is 0 Å². The van der Waals surface area contributed by atoms with Crippen LogP contribution >= 0.6 is 0 Å². The van der Waals surface area contributed by atoms with Crippen molar-refractivity contribution in [2.24, 2.45) is 11.7 Å². The van der Waals surface area contributed by atoms with Crippen molar-refractivity contribution in [1.29, 1.82) is 0 Å². The molecule has 2 amide bonds. The van der Waals surface area contributed by atoms with E-state index in [9.17, 15) is 9.59 Å². The van der Waals surface area contributed by atoms with Crippen molar-refractivity contribution in [3.05, 3.63) is 60.2 Å². The van der Waals surface area contributed by atoms with Crippen LogP contribution in [-0.4, -0.2) is 44.1 Å². The molecule has 5 rings (SSSR count). The second kappa shape index (κ2) is 7.74. The molecule has 1 aromatic carbocycles. The van der Waals surface area contributed by atoms with Gasteiger partial charge in [-0.1, -0.05) is 23.4 Å². The molecule has 0 saturated carbocycles. The summed E-state index contributed by atoms with van der Waals surface area (Å²) in [6, 6.07) is 11.2. The lowest BCUT2D eigenvalue weighted by molar-refractivity contribution is -0.175. The van der Waals surface area contributed by atoms with Gasteiger partial charge >= 0.3 is 0 Å². The fourth-order valence-corrected chi connectivity index (χ4v) is 4.74. The Morgan fingerprint density at radius 3 is 2.91 bits per heavy atom. The van der Waals surface area contributed by atoms with Crippen LogP contribution in [0, 0.1) is 5.92 Å². The number of pyridine rings is 1. The Bertz CT molecular complexity index is 1160. The van der Waals surface area contributed by atoms with E-state index in [2.05, 4.69) is 15.1 Å². The zero-order chi connectivity index (χ0) is 22.3. The van der Waals surface area contributed by atoms with Crippen molar-refractivity contribution < 1.29 is 18.8 Å². The molecule has 2 N–H and O–H groups in total. The number of rotatable bonds is 6. The van der Waals surface area contributed by atoms with Crippen molar-refractivity contribution in [1.82, 2.24) is 20.0 Å². The highest BCUT2D eigenvalue weighted by atomic mass is 16.5. The molecule has 9 nitrogen and oxygen atoms in total. The fourth-order valence-electron chi connectivity index (χ4n) is 4.74. The molecule has 2 aliphatic rings. The number of carbonyl (C=O) groups is 2. The van der Waals surface area contributed by atoms with Crippen molar-refractivity contribution in [3.63, 3.8) is 0 Å². The fraction of sp³-hybridized carbons (Fsp3) is 0.348. The Labute approximate surface area is 184 Å². The first-order valence-electron chi connectivity index (χ1n) is 10.6. The molecule has 2 bridgehead atoms. The maximum atomic E-state index is 13.3. The third-order valence-electron chi connectivity index (χ3n) is 6.22. The van der Waals surface area contributed by atoms with Gasteiger partial charge in [0.25, 0.3) is 0 Å². The predicted molar refractivity (Wildman–Crippen MR) is 113 cm³/mol. The summed E-state index contributed by atoms with van der Waals surface area (Å²) in [5.41, 5.74) is 6.44. The first kappa shape index (κ1) is 20.2. The number of hydrogen-bond donors (Lipinski definition) is 1. The molecule has 0 spiro atoms. The minimum absolute atomic E-state index is 0.288. The number of aromatic nitrogens is 3. The summed E-state index contributed by atoms with van der Waals surface area (Å²) in [5.74, 6) is -0.476. The Morgan fingerprint density at radius 1 is 1.28 bits per heavy atom. The minimum atomic E-state index is -0.909. The zero-order valence-electron chi connectivity index (χ0n) is 17.6. The van der Waals surface area contributed by atoms with Crippen LogP contribution < -0.4 is 10.5 Å². The lowest BCUT2D eigenvalue weighted by Gasteiger charge is -2.52. The van der Waals surface area contributed by atoms with Crippen molar-refractivity contribution in [3.8, 4) is 17.1 Å². The van der Waals surface area contributed by atoms with Gasteiger partial charge in [-0.25, -0.2) is 0 Å². The molecule has 0 radical (unpaired) electrons. The molecule has 32 heavy (non-hydrogen) atoms. The number of benzene rings is 1. The lowest BCUT2D eigenvalue weighted by Crippen LogP contribution is -2.64. The minimum Gasteiger partial charge on any atom is -0.468 e. The Morgan fingerprint density at radius 2 is 2.12 bits per heavy atom. The topological polar surface area (TPSA) is 124 Å². The number of primary amides is 1. The predicted octanol–water partition coefficient (Wildman–Crippen LogP) is 2.29. The largest absolute Gasteiger partial charge is 0.468 e. The highest BCUT2D eigenvalue weighted by Gasteiger charge is 2.55. The van der Waals surface area contributed by atoms with Gasteiger partial charge in [0.15, 0.2) is 5.72 Å². The quantitative estimate of drug-likeness (QED) is 0.591. The lowest BCUT2D eigenvalue weighted by atomic mass is 9.73. The summed E-state index contributed by atoms with van der Waals surface area (Å²) in [6.45, 7) is 2.26. The molecule has 0 unspecified atom stereocenters. The van der Waals surface area contributed by atoms with E-state index in [4.69, 9.17) is 15.0 Å². The van der Waals surface area contributed by atoms with E-state index in [-0.39, 0.29) is 11.8 Å². The van der Waals surface area contributed by atoms with E-state index in [1.54, 1.807) is 23.4 Å². The molecular weight excluding hydrogens is 410 g/mol. The van der Waals surface area contributed by atoms with Gasteiger partial charge in [0, 0.05) is 43.3 Å². The van der Waals surface area contributed by atoms with Gasteiger partial charge in [0.2, 0.25) is 23.5 Å². The van der Waals surface area contributed by atoms with Gasteiger partial charge in [0.1, 0.15) is 11.7 Å². The van der Waals surface area contributed by atoms with E-state index in [1.165, 1.54) is 0 Å². The number of fused-ring (bicyclic) bond motifs is 4. The number of carbonyl (C=O) groups excluding carboxylic acids is 2. The molecule has 1 fully saturated rings.